The molecule has 0 heterocycles. The molecule has 140 valence electrons. The van der Waals surface area contributed by atoms with E-state index in [0.29, 0.717) is 5.56 Å². The Morgan fingerprint density at radius 2 is 1.77 bits per heavy atom. The fourth-order valence-electron chi connectivity index (χ4n) is 2.76. The predicted octanol–water partition coefficient (Wildman–Crippen LogP) is 3.19. The molecule has 0 spiro atoms. The van der Waals surface area contributed by atoms with Gasteiger partial charge in [0.05, 0.1) is 17.5 Å². The first-order chi connectivity index (χ1) is 12.3. The van der Waals surface area contributed by atoms with Crippen LogP contribution >= 0.6 is 0 Å². The molecule has 0 fully saturated rings. The van der Waals surface area contributed by atoms with Gasteiger partial charge in [0.25, 0.3) is 0 Å². The zero-order chi connectivity index (χ0) is 19.3. The maximum absolute atomic E-state index is 13.0. The number of nitrogens with zero attached hydrogens (tertiary/aromatic N) is 1. The van der Waals surface area contributed by atoms with Crippen LogP contribution in [0, 0.1) is 13.8 Å². The number of sulfonamides is 1. The van der Waals surface area contributed by atoms with Crippen LogP contribution in [-0.4, -0.2) is 31.7 Å². The highest BCUT2D eigenvalue weighted by Gasteiger charge is 2.27. The predicted molar refractivity (Wildman–Crippen MR) is 103 cm³/mol. The van der Waals surface area contributed by atoms with Crippen molar-refractivity contribution >= 4 is 15.9 Å². The summed E-state index contributed by atoms with van der Waals surface area (Å²) < 4.78 is 27.2. The Bertz CT molecular complexity index is 864. The number of amides is 1. The highest BCUT2D eigenvalue weighted by atomic mass is 32.2. The summed E-state index contributed by atoms with van der Waals surface area (Å²) in [6.07, 6.45) is 0. The number of carbonyl (C=O) groups excluding carboxylic acids is 1. The molecule has 1 N–H and O–H groups in total. The quantitative estimate of drug-likeness (QED) is 0.809. The highest BCUT2D eigenvalue weighted by Crippen LogP contribution is 2.21. The summed E-state index contributed by atoms with van der Waals surface area (Å²) in [5, 5.41) is 2.87. The van der Waals surface area contributed by atoms with Gasteiger partial charge in [-0.25, -0.2) is 8.42 Å². The summed E-state index contributed by atoms with van der Waals surface area (Å²) >= 11 is 0. The Kier molecular flexibility index (Phi) is 6.56. The molecule has 2 rings (SSSR count). The molecule has 26 heavy (non-hydrogen) atoms. The van der Waals surface area contributed by atoms with E-state index in [2.05, 4.69) is 5.32 Å². The molecule has 0 radical (unpaired) electrons. The number of hydrogen-bond acceptors (Lipinski definition) is 3. The number of carbonyl (C=O) groups is 1. The first-order valence-electron chi connectivity index (χ1n) is 8.67. The first-order valence-corrected chi connectivity index (χ1v) is 10.1. The highest BCUT2D eigenvalue weighted by molar-refractivity contribution is 7.89. The molecule has 0 bridgehead atoms. The number of rotatable bonds is 7. The molecule has 2 aromatic rings. The molecule has 0 aliphatic carbocycles. The van der Waals surface area contributed by atoms with E-state index in [1.807, 2.05) is 50.2 Å². The number of aryl methyl sites for hydroxylation is 2. The van der Waals surface area contributed by atoms with E-state index in [0.717, 1.165) is 11.1 Å². The molecule has 1 amide bonds. The van der Waals surface area contributed by atoms with E-state index in [1.54, 1.807) is 26.0 Å². The molecule has 1 atom stereocenters. The van der Waals surface area contributed by atoms with Crippen LogP contribution in [-0.2, 0) is 14.8 Å². The Balaban J connectivity index is 2.15. The summed E-state index contributed by atoms with van der Waals surface area (Å²) in [4.78, 5) is 12.7. The van der Waals surface area contributed by atoms with E-state index in [4.69, 9.17) is 0 Å². The topological polar surface area (TPSA) is 66.5 Å². The Morgan fingerprint density at radius 3 is 2.38 bits per heavy atom. The Hall–Kier alpha value is -2.18. The number of nitrogens with one attached hydrogen (secondary N) is 1. The van der Waals surface area contributed by atoms with Gasteiger partial charge in [-0.05, 0) is 43.5 Å². The SMILES string of the molecule is CCN(CC(=O)NC(C)c1ccccc1)S(=O)(=O)c1cc(C)ccc1C. The molecule has 0 aliphatic heterocycles. The zero-order valence-electron chi connectivity index (χ0n) is 15.7. The van der Waals surface area contributed by atoms with Crippen LogP contribution in [0.5, 0.6) is 0 Å². The molecule has 1 unspecified atom stereocenters. The largest absolute Gasteiger partial charge is 0.348 e. The van der Waals surface area contributed by atoms with Gasteiger partial charge in [-0.1, -0.05) is 49.4 Å². The summed E-state index contributed by atoms with van der Waals surface area (Å²) in [6, 6.07) is 14.7. The van der Waals surface area contributed by atoms with Crippen molar-refractivity contribution in [3.8, 4) is 0 Å². The van der Waals surface area contributed by atoms with Gasteiger partial charge in [0.2, 0.25) is 15.9 Å². The van der Waals surface area contributed by atoms with Crippen molar-refractivity contribution in [2.75, 3.05) is 13.1 Å². The number of benzene rings is 2. The van der Waals surface area contributed by atoms with Crippen LogP contribution in [0.2, 0.25) is 0 Å². The second-order valence-electron chi connectivity index (χ2n) is 6.40. The van der Waals surface area contributed by atoms with Crippen molar-refractivity contribution in [3.05, 3.63) is 65.2 Å². The van der Waals surface area contributed by atoms with Gasteiger partial charge in [0.1, 0.15) is 0 Å². The number of hydrogen-bond donors (Lipinski definition) is 1. The summed E-state index contributed by atoms with van der Waals surface area (Å²) in [5.74, 6) is -0.322. The third-order valence-electron chi connectivity index (χ3n) is 4.31. The average Bonchev–Trinajstić information content (AvgIpc) is 2.62. The summed E-state index contributed by atoms with van der Waals surface area (Å²) in [6.45, 7) is 7.24. The van der Waals surface area contributed by atoms with Crippen molar-refractivity contribution in [2.45, 2.75) is 38.6 Å². The van der Waals surface area contributed by atoms with Crippen molar-refractivity contribution in [3.63, 3.8) is 0 Å². The van der Waals surface area contributed by atoms with Gasteiger partial charge in [0, 0.05) is 6.54 Å². The summed E-state index contributed by atoms with van der Waals surface area (Å²) in [7, 11) is -3.73. The maximum atomic E-state index is 13.0. The third-order valence-corrected chi connectivity index (χ3v) is 6.37. The van der Waals surface area contributed by atoms with Crippen LogP contribution < -0.4 is 5.32 Å². The normalized spacial score (nSPS) is 12.8. The second-order valence-corrected chi connectivity index (χ2v) is 8.31. The van der Waals surface area contributed by atoms with Crippen molar-refractivity contribution < 1.29 is 13.2 Å². The van der Waals surface area contributed by atoms with E-state index >= 15 is 0 Å². The van der Waals surface area contributed by atoms with Crippen LogP contribution in [0.25, 0.3) is 0 Å². The summed E-state index contributed by atoms with van der Waals surface area (Å²) in [5.41, 5.74) is 2.51. The molecule has 6 heteroatoms. The number of likely N-dealkylation sites (N-methyl/N-ethyl adjacent to an activating group) is 1. The molecule has 0 saturated carbocycles. The average molecular weight is 375 g/mol. The molecule has 0 aliphatic rings. The van der Waals surface area contributed by atoms with Crippen LogP contribution in [0.4, 0.5) is 0 Å². The molecular formula is C20H26N2O3S. The minimum atomic E-state index is -3.73. The van der Waals surface area contributed by atoms with Gasteiger partial charge in [-0.3, -0.25) is 4.79 Å². The molecule has 0 saturated heterocycles. The van der Waals surface area contributed by atoms with Crippen molar-refractivity contribution in [1.29, 1.82) is 0 Å². The van der Waals surface area contributed by atoms with Gasteiger partial charge in [0.15, 0.2) is 0 Å². The zero-order valence-corrected chi connectivity index (χ0v) is 16.5. The van der Waals surface area contributed by atoms with Gasteiger partial charge in [-0.2, -0.15) is 4.31 Å². The Morgan fingerprint density at radius 1 is 1.12 bits per heavy atom. The second kappa shape index (κ2) is 8.47. The molecular weight excluding hydrogens is 348 g/mol. The fraction of sp³-hybridized carbons (Fsp3) is 0.350. The lowest BCUT2D eigenvalue weighted by Crippen LogP contribution is -2.41. The molecule has 0 aromatic heterocycles. The lowest BCUT2D eigenvalue weighted by atomic mass is 10.1. The van der Waals surface area contributed by atoms with E-state index in [1.165, 1.54) is 4.31 Å². The minimum Gasteiger partial charge on any atom is -0.348 e. The van der Waals surface area contributed by atoms with Crippen molar-refractivity contribution in [2.24, 2.45) is 0 Å². The van der Waals surface area contributed by atoms with Crippen LogP contribution in [0.1, 0.15) is 36.6 Å². The van der Waals surface area contributed by atoms with E-state index in [-0.39, 0.29) is 29.9 Å². The molecule has 5 nitrogen and oxygen atoms in total. The molecule has 2 aromatic carbocycles. The lowest BCUT2D eigenvalue weighted by molar-refractivity contribution is -0.121. The minimum absolute atomic E-state index is 0.189. The smallest absolute Gasteiger partial charge is 0.243 e. The van der Waals surface area contributed by atoms with Gasteiger partial charge in [-0.15, -0.1) is 0 Å². The van der Waals surface area contributed by atoms with Gasteiger partial charge >= 0.3 is 0 Å². The van der Waals surface area contributed by atoms with Crippen LogP contribution in [0.3, 0.4) is 0 Å². The van der Waals surface area contributed by atoms with E-state index < -0.39 is 10.0 Å². The monoisotopic (exact) mass is 374 g/mol. The first kappa shape index (κ1) is 20.1. The fourth-order valence-corrected chi connectivity index (χ4v) is 4.48. The lowest BCUT2D eigenvalue weighted by Gasteiger charge is -2.22. The van der Waals surface area contributed by atoms with E-state index in [9.17, 15) is 13.2 Å². The van der Waals surface area contributed by atoms with Gasteiger partial charge < -0.3 is 5.32 Å². The maximum Gasteiger partial charge on any atom is 0.243 e. The van der Waals surface area contributed by atoms with Crippen LogP contribution in [0.15, 0.2) is 53.4 Å². The standard InChI is InChI=1S/C20H26N2O3S/c1-5-22(26(24,25)19-13-15(2)11-12-16(19)3)14-20(23)21-17(4)18-9-7-6-8-10-18/h6-13,17H,5,14H2,1-4H3,(H,21,23). The van der Waals surface area contributed by atoms with Crippen molar-refractivity contribution in [1.82, 2.24) is 9.62 Å². The third kappa shape index (κ3) is 4.71. The Labute approximate surface area is 156 Å².